The lowest BCUT2D eigenvalue weighted by Gasteiger charge is -2.00. The molecule has 2 aromatic rings. The van der Waals surface area contributed by atoms with E-state index < -0.39 is 0 Å². The Kier molecular flexibility index (Phi) is 2.47. The first-order valence-electron chi connectivity index (χ1n) is 4.31. The Bertz CT molecular complexity index is 448. The number of hydrogen-bond donors (Lipinski definition) is 2. The number of hydrogen-bond acceptors (Lipinski definition) is 4. The van der Waals surface area contributed by atoms with Crippen molar-refractivity contribution < 1.29 is 9.21 Å². The van der Waals surface area contributed by atoms with Gasteiger partial charge < -0.3 is 4.42 Å². The fourth-order valence-electron chi connectivity index (χ4n) is 1.23. The van der Waals surface area contributed by atoms with Gasteiger partial charge in [0.05, 0.1) is 6.20 Å². The molecule has 1 aromatic heterocycles. The van der Waals surface area contributed by atoms with E-state index in [1.807, 2.05) is 0 Å². The Morgan fingerprint density at radius 2 is 2.07 bits per heavy atom. The number of rotatable bonds is 2. The largest absolute Gasteiger partial charge is 0.444 e. The average molecular weight is 203 g/mol. The van der Waals surface area contributed by atoms with Crippen molar-refractivity contribution in [2.24, 2.45) is 5.84 Å². The quantitative estimate of drug-likeness (QED) is 0.432. The Morgan fingerprint density at radius 1 is 1.33 bits per heavy atom. The van der Waals surface area contributed by atoms with Gasteiger partial charge in [-0.1, -0.05) is 12.1 Å². The highest BCUT2D eigenvalue weighted by Crippen LogP contribution is 2.18. The predicted molar refractivity (Wildman–Crippen MR) is 53.6 cm³/mol. The monoisotopic (exact) mass is 203 g/mol. The summed E-state index contributed by atoms with van der Waals surface area (Å²) in [5, 5.41) is 0. The smallest absolute Gasteiger partial charge is 0.265 e. The van der Waals surface area contributed by atoms with Gasteiger partial charge in [-0.3, -0.25) is 10.2 Å². The first kappa shape index (κ1) is 9.42. The molecule has 76 valence electrons. The molecule has 1 amide bonds. The van der Waals surface area contributed by atoms with Crippen LogP contribution in [0.1, 0.15) is 10.4 Å². The van der Waals surface area contributed by atoms with Gasteiger partial charge in [0.1, 0.15) is 0 Å². The summed E-state index contributed by atoms with van der Waals surface area (Å²) in [6.07, 6.45) is 2.97. The van der Waals surface area contributed by atoms with Gasteiger partial charge in [0.25, 0.3) is 5.91 Å². The van der Waals surface area contributed by atoms with E-state index in [4.69, 9.17) is 10.3 Å². The van der Waals surface area contributed by atoms with Gasteiger partial charge in [0.2, 0.25) is 0 Å². The van der Waals surface area contributed by atoms with E-state index in [2.05, 4.69) is 10.4 Å². The molecular formula is C10H9N3O2. The Morgan fingerprint density at radius 3 is 2.60 bits per heavy atom. The van der Waals surface area contributed by atoms with E-state index in [9.17, 15) is 4.79 Å². The Balaban J connectivity index is 2.29. The molecular weight excluding hydrogens is 194 g/mol. The summed E-state index contributed by atoms with van der Waals surface area (Å²) >= 11 is 0. The number of aromatic nitrogens is 1. The molecule has 5 nitrogen and oxygen atoms in total. The molecule has 3 N–H and O–H groups in total. The van der Waals surface area contributed by atoms with Gasteiger partial charge in [-0.2, -0.15) is 0 Å². The lowest BCUT2D eigenvalue weighted by atomic mass is 10.1. The third-order valence-corrected chi connectivity index (χ3v) is 2.00. The van der Waals surface area contributed by atoms with Crippen LogP contribution in [0.15, 0.2) is 41.3 Å². The summed E-state index contributed by atoms with van der Waals surface area (Å²) in [6.45, 7) is 0. The predicted octanol–water partition coefficient (Wildman–Crippen LogP) is 0.945. The molecule has 1 heterocycles. The first-order valence-corrected chi connectivity index (χ1v) is 4.31. The maximum atomic E-state index is 11.1. The van der Waals surface area contributed by atoms with Crippen LogP contribution in [0.25, 0.3) is 11.3 Å². The molecule has 0 aliphatic rings. The van der Waals surface area contributed by atoms with Gasteiger partial charge in [0.15, 0.2) is 12.2 Å². The number of benzene rings is 1. The van der Waals surface area contributed by atoms with Gasteiger partial charge in [0, 0.05) is 11.1 Å². The van der Waals surface area contributed by atoms with Gasteiger partial charge in [-0.15, -0.1) is 0 Å². The summed E-state index contributed by atoms with van der Waals surface area (Å²) in [7, 11) is 0. The van der Waals surface area contributed by atoms with Crippen molar-refractivity contribution in [3.63, 3.8) is 0 Å². The molecule has 0 unspecified atom stereocenters. The lowest BCUT2D eigenvalue weighted by Crippen LogP contribution is -2.29. The normalized spacial score (nSPS) is 9.93. The molecule has 1 aromatic carbocycles. The Labute approximate surface area is 85.9 Å². The molecule has 0 aliphatic carbocycles. The second-order valence-corrected chi connectivity index (χ2v) is 2.92. The second-order valence-electron chi connectivity index (χ2n) is 2.92. The molecule has 0 atom stereocenters. The topological polar surface area (TPSA) is 81.1 Å². The number of nitrogen functional groups attached to an aromatic ring is 1. The maximum Gasteiger partial charge on any atom is 0.265 e. The summed E-state index contributed by atoms with van der Waals surface area (Å²) in [5.74, 6) is 5.35. The van der Waals surface area contributed by atoms with Crippen LogP contribution in [0.4, 0.5) is 0 Å². The summed E-state index contributed by atoms with van der Waals surface area (Å²) < 4.78 is 5.11. The third-order valence-electron chi connectivity index (χ3n) is 2.00. The van der Waals surface area contributed by atoms with Crippen LogP contribution in [-0.4, -0.2) is 10.9 Å². The number of carbonyl (C=O) groups excluding carboxylic acids is 1. The molecule has 0 saturated heterocycles. The maximum absolute atomic E-state index is 11.1. The number of oxazole rings is 1. The summed E-state index contributed by atoms with van der Waals surface area (Å²) in [5.41, 5.74) is 3.42. The molecule has 0 aliphatic heterocycles. The van der Waals surface area contributed by atoms with Gasteiger partial charge in [-0.05, 0) is 12.1 Å². The minimum atomic E-state index is -0.320. The fourth-order valence-corrected chi connectivity index (χ4v) is 1.23. The van der Waals surface area contributed by atoms with Crippen LogP contribution in [-0.2, 0) is 0 Å². The zero-order chi connectivity index (χ0) is 10.7. The number of nitrogens with two attached hydrogens (primary N) is 1. The molecule has 0 bridgehead atoms. The van der Waals surface area contributed by atoms with Crippen molar-refractivity contribution in [2.45, 2.75) is 0 Å². The molecule has 2 rings (SSSR count). The minimum absolute atomic E-state index is 0.320. The van der Waals surface area contributed by atoms with E-state index in [1.54, 1.807) is 30.5 Å². The zero-order valence-corrected chi connectivity index (χ0v) is 7.81. The van der Waals surface area contributed by atoms with Crippen LogP contribution in [0, 0.1) is 0 Å². The van der Waals surface area contributed by atoms with E-state index >= 15 is 0 Å². The fraction of sp³-hybridized carbons (Fsp3) is 0. The van der Waals surface area contributed by atoms with Crippen molar-refractivity contribution in [3.05, 3.63) is 42.4 Å². The van der Waals surface area contributed by atoms with Crippen molar-refractivity contribution in [3.8, 4) is 11.3 Å². The van der Waals surface area contributed by atoms with E-state index in [1.165, 1.54) is 6.39 Å². The molecule has 0 fully saturated rings. The molecule has 0 spiro atoms. The highest BCUT2D eigenvalue weighted by molar-refractivity contribution is 5.94. The highest BCUT2D eigenvalue weighted by Gasteiger charge is 2.05. The molecule has 0 radical (unpaired) electrons. The van der Waals surface area contributed by atoms with Crippen LogP contribution in [0.2, 0.25) is 0 Å². The van der Waals surface area contributed by atoms with Gasteiger partial charge in [-0.25, -0.2) is 10.8 Å². The van der Waals surface area contributed by atoms with Crippen molar-refractivity contribution in [2.75, 3.05) is 0 Å². The minimum Gasteiger partial charge on any atom is -0.444 e. The van der Waals surface area contributed by atoms with Crippen LogP contribution >= 0.6 is 0 Å². The highest BCUT2D eigenvalue weighted by atomic mass is 16.3. The molecule has 5 heteroatoms. The number of nitrogens with one attached hydrogen (secondary N) is 1. The van der Waals surface area contributed by atoms with Crippen LogP contribution < -0.4 is 11.3 Å². The van der Waals surface area contributed by atoms with Crippen LogP contribution in [0.5, 0.6) is 0 Å². The first-order chi connectivity index (χ1) is 7.31. The summed E-state index contributed by atoms with van der Waals surface area (Å²) in [4.78, 5) is 14.9. The standard InChI is InChI=1S/C10H9N3O2/c11-13-10(14)8-3-1-7(2-4-8)9-5-12-6-15-9/h1-6H,11H2,(H,13,14). The van der Waals surface area contributed by atoms with Crippen LogP contribution in [0.3, 0.4) is 0 Å². The van der Waals surface area contributed by atoms with Crippen molar-refractivity contribution in [1.29, 1.82) is 0 Å². The van der Waals surface area contributed by atoms with E-state index in [-0.39, 0.29) is 5.91 Å². The lowest BCUT2D eigenvalue weighted by molar-refractivity contribution is 0.0953. The number of nitrogens with zero attached hydrogens (tertiary/aromatic N) is 1. The second kappa shape index (κ2) is 3.93. The molecule has 0 saturated carbocycles. The average Bonchev–Trinajstić information content (AvgIpc) is 2.82. The zero-order valence-electron chi connectivity index (χ0n) is 7.81. The summed E-state index contributed by atoms with van der Waals surface area (Å²) in [6, 6.07) is 6.87. The number of amides is 1. The van der Waals surface area contributed by atoms with E-state index in [0.717, 1.165) is 5.56 Å². The number of hydrazine groups is 1. The van der Waals surface area contributed by atoms with Gasteiger partial charge >= 0.3 is 0 Å². The number of carbonyl (C=O) groups is 1. The Hall–Kier alpha value is -2.14. The van der Waals surface area contributed by atoms with E-state index in [0.29, 0.717) is 11.3 Å². The van der Waals surface area contributed by atoms with Crippen molar-refractivity contribution in [1.82, 2.24) is 10.4 Å². The third kappa shape index (κ3) is 1.87. The molecule has 15 heavy (non-hydrogen) atoms. The SMILES string of the molecule is NNC(=O)c1ccc(-c2cnco2)cc1. The van der Waals surface area contributed by atoms with Crippen molar-refractivity contribution >= 4 is 5.91 Å².